The molecule has 0 saturated carbocycles. The van der Waals surface area contributed by atoms with E-state index >= 15 is 0 Å². The van der Waals surface area contributed by atoms with Gasteiger partial charge in [-0.3, -0.25) is 0 Å². The number of anilines is 1. The summed E-state index contributed by atoms with van der Waals surface area (Å²) in [6.45, 7) is 6.33. The number of hydrogen-bond acceptors (Lipinski definition) is 2. The van der Waals surface area contributed by atoms with Crippen LogP contribution in [-0.4, -0.2) is 18.1 Å². The highest BCUT2D eigenvalue weighted by atomic mass is 35.5. The first kappa shape index (κ1) is 11.3. The Bertz CT molecular complexity index is 276. The zero-order valence-corrected chi connectivity index (χ0v) is 9.59. The van der Waals surface area contributed by atoms with Gasteiger partial charge in [-0.15, -0.1) is 11.6 Å². The Kier molecular flexibility index (Phi) is 4.74. The molecule has 1 aromatic rings. The van der Waals surface area contributed by atoms with E-state index in [0.29, 0.717) is 5.88 Å². The average molecular weight is 213 g/mol. The van der Waals surface area contributed by atoms with Gasteiger partial charge in [0.2, 0.25) is 0 Å². The van der Waals surface area contributed by atoms with Gasteiger partial charge < -0.3 is 4.90 Å². The Morgan fingerprint density at radius 3 is 2.79 bits per heavy atom. The summed E-state index contributed by atoms with van der Waals surface area (Å²) in [5.74, 6) is 1.57. The van der Waals surface area contributed by atoms with Crippen molar-refractivity contribution in [2.75, 3.05) is 18.0 Å². The zero-order chi connectivity index (χ0) is 10.4. The van der Waals surface area contributed by atoms with E-state index in [0.717, 1.165) is 30.9 Å². The van der Waals surface area contributed by atoms with Crippen molar-refractivity contribution in [2.24, 2.45) is 0 Å². The summed E-state index contributed by atoms with van der Waals surface area (Å²) in [5.41, 5.74) is 1.12. The van der Waals surface area contributed by atoms with Crippen LogP contribution in [0.5, 0.6) is 0 Å². The van der Waals surface area contributed by atoms with E-state index in [1.807, 2.05) is 18.3 Å². The molecule has 2 nitrogen and oxygen atoms in total. The predicted molar refractivity (Wildman–Crippen MR) is 62.0 cm³/mol. The van der Waals surface area contributed by atoms with Crippen LogP contribution in [0.25, 0.3) is 0 Å². The second-order valence-electron chi connectivity index (χ2n) is 3.20. The van der Waals surface area contributed by atoms with Gasteiger partial charge in [-0.2, -0.15) is 0 Å². The van der Waals surface area contributed by atoms with Crippen LogP contribution in [0.3, 0.4) is 0 Å². The van der Waals surface area contributed by atoms with E-state index in [1.54, 1.807) is 0 Å². The molecule has 0 unspecified atom stereocenters. The molecule has 0 bridgehead atoms. The third kappa shape index (κ3) is 2.61. The number of halogens is 1. The van der Waals surface area contributed by atoms with Crippen molar-refractivity contribution < 1.29 is 0 Å². The first-order valence-electron chi connectivity index (χ1n) is 5.08. The monoisotopic (exact) mass is 212 g/mol. The van der Waals surface area contributed by atoms with Crippen molar-refractivity contribution in [1.29, 1.82) is 0 Å². The van der Waals surface area contributed by atoms with Gasteiger partial charge in [-0.1, -0.05) is 13.0 Å². The summed E-state index contributed by atoms with van der Waals surface area (Å²) in [6, 6.07) is 3.97. The molecule has 0 spiro atoms. The maximum atomic E-state index is 5.87. The molecule has 0 radical (unpaired) electrons. The highest BCUT2D eigenvalue weighted by Gasteiger charge is 2.08. The molecule has 0 fully saturated rings. The van der Waals surface area contributed by atoms with Gasteiger partial charge in [-0.25, -0.2) is 4.98 Å². The predicted octanol–water partition coefficient (Wildman–Crippen LogP) is 3.06. The number of aromatic nitrogens is 1. The summed E-state index contributed by atoms with van der Waals surface area (Å²) in [5, 5.41) is 0. The smallest absolute Gasteiger partial charge is 0.132 e. The Morgan fingerprint density at radius 1 is 1.43 bits per heavy atom. The molecular formula is C11H17ClN2. The van der Waals surface area contributed by atoms with Crippen LogP contribution in [0, 0.1) is 0 Å². The molecule has 1 rings (SSSR count). The van der Waals surface area contributed by atoms with Crippen molar-refractivity contribution in [3.63, 3.8) is 0 Å². The highest BCUT2D eigenvalue weighted by Crippen LogP contribution is 2.18. The first-order chi connectivity index (χ1) is 6.83. The van der Waals surface area contributed by atoms with Crippen LogP contribution in [0.15, 0.2) is 18.3 Å². The quantitative estimate of drug-likeness (QED) is 0.698. The molecule has 0 aliphatic carbocycles. The second kappa shape index (κ2) is 5.86. The summed E-state index contributed by atoms with van der Waals surface area (Å²) in [4.78, 5) is 6.64. The number of alkyl halides is 1. The van der Waals surface area contributed by atoms with Crippen molar-refractivity contribution in [2.45, 2.75) is 26.1 Å². The van der Waals surface area contributed by atoms with E-state index < -0.39 is 0 Å². The maximum Gasteiger partial charge on any atom is 0.132 e. The minimum Gasteiger partial charge on any atom is -0.357 e. The standard InChI is InChI=1S/C11H17ClN2/c1-3-8-14(4-2)11-10(9-12)6-5-7-13-11/h5-7H,3-4,8-9H2,1-2H3. The lowest BCUT2D eigenvalue weighted by Gasteiger charge is -2.23. The number of nitrogens with zero attached hydrogens (tertiary/aromatic N) is 2. The van der Waals surface area contributed by atoms with Crippen LogP contribution in [0.4, 0.5) is 5.82 Å². The first-order valence-corrected chi connectivity index (χ1v) is 5.61. The van der Waals surface area contributed by atoms with Gasteiger partial charge in [0, 0.05) is 24.8 Å². The summed E-state index contributed by atoms with van der Waals surface area (Å²) >= 11 is 5.87. The molecule has 0 aliphatic heterocycles. The second-order valence-corrected chi connectivity index (χ2v) is 3.47. The average Bonchev–Trinajstić information content (AvgIpc) is 2.26. The molecule has 1 heterocycles. The molecule has 78 valence electrons. The molecule has 0 amide bonds. The molecular weight excluding hydrogens is 196 g/mol. The molecule has 0 N–H and O–H groups in total. The third-order valence-corrected chi connectivity index (χ3v) is 2.47. The van der Waals surface area contributed by atoms with Crippen molar-refractivity contribution in [3.05, 3.63) is 23.9 Å². The van der Waals surface area contributed by atoms with E-state index in [2.05, 4.69) is 23.7 Å². The lowest BCUT2D eigenvalue weighted by atomic mass is 10.2. The molecule has 0 aromatic carbocycles. The van der Waals surface area contributed by atoms with Crippen molar-refractivity contribution >= 4 is 17.4 Å². The van der Waals surface area contributed by atoms with Crippen LogP contribution in [-0.2, 0) is 5.88 Å². The Labute approximate surface area is 90.9 Å². The number of rotatable bonds is 5. The minimum atomic E-state index is 0.531. The Hall–Kier alpha value is -0.760. The summed E-state index contributed by atoms with van der Waals surface area (Å²) in [6.07, 6.45) is 2.95. The fourth-order valence-electron chi connectivity index (χ4n) is 1.50. The highest BCUT2D eigenvalue weighted by molar-refractivity contribution is 6.17. The van der Waals surface area contributed by atoms with Crippen molar-refractivity contribution in [3.8, 4) is 0 Å². The van der Waals surface area contributed by atoms with Crippen LogP contribution in [0.1, 0.15) is 25.8 Å². The van der Waals surface area contributed by atoms with E-state index in [1.165, 1.54) is 0 Å². The largest absolute Gasteiger partial charge is 0.357 e. The van der Waals surface area contributed by atoms with Gasteiger partial charge in [-0.05, 0) is 19.4 Å². The number of pyridine rings is 1. The SMILES string of the molecule is CCCN(CC)c1ncccc1CCl. The molecule has 1 aromatic heterocycles. The third-order valence-electron chi connectivity index (χ3n) is 2.19. The van der Waals surface area contributed by atoms with Gasteiger partial charge >= 0.3 is 0 Å². The molecule has 0 aliphatic rings. The van der Waals surface area contributed by atoms with Crippen LogP contribution in [0.2, 0.25) is 0 Å². The summed E-state index contributed by atoms with van der Waals surface area (Å²) < 4.78 is 0. The van der Waals surface area contributed by atoms with Crippen LogP contribution >= 0.6 is 11.6 Å². The lowest BCUT2D eigenvalue weighted by Crippen LogP contribution is -2.25. The number of hydrogen-bond donors (Lipinski definition) is 0. The normalized spacial score (nSPS) is 10.2. The lowest BCUT2D eigenvalue weighted by molar-refractivity contribution is 0.774. The van der Waals surface area contributed by atoms with E-state index in [4.69, 9.17) is 11.6 Å². The summed E-state index contributed by atoms with van der Waals surface area (Å²) in [7, 11) is 0. The zero-order valence-electron chi connectivity index (χ0n) is 8.83. The van der Waals surface area contributed by atoms with Gasteiger partial charge in [0.15, 0.2) is 0 Å². The van der Waals surface area contributed by atoms with E-state index in [9.17, 15) is 0 Å². The maximum absolute atomic E-state index is 5.87. The molecule has 3 heteroatoms. The topological polar surface area (TPSA) is 16.1 Å². The van der Waals surface area contributed by atoms with E-state index in [-0.39, 0.29) is 0 Å². The molecule has 0 atom stereocenters. The van der Waals surface area contributed by atoms with Gasteiger partial charge in [0.25, 0.3) is 0 Å². The Morgan fingerprint density at radius 2 is 2.21 bits per heavy atom. The fraction of sp³-hybridized carbons (Fsp3) is 0.545. The van der Waals surface area contributed by atoms with Crippen molar-refractivity contribution in [1.82, 2.24) is 4.98 Å². The molecule has 14 heavy (non-hydrogen) atoms. The Balaban J connectivity index is 2.90. The minimum absolute atomic E-state index is 0.531. The van der Waals surface area contributed by atoms with Gasteiger partial charge in [0.05, 0.1) is 5.88 Å². The molecule has 0 saturated heterocycles. The van der Waals surface area contributed by atoms with Crippen LogP contribution < -0.4 is 4.90 Å². The van der Waals surface area contributed by atoms with Gasteiger partial charge in [0.1, 0.15) is 5.82 Å². The fourth-order valence-corrected chi connectivity index (χ4v) is 1.71.